The van der Waals surface area contributed by atoms with Gasteiger partial charge >= 0.3 is 0 Å². The zero-order valence-electron chi connectivity index (χ0n) is 11.1. The van der Waals surface area contributed by atoms with Gasteiger partial charge in [0.2, 0.25) is 5.78 Å². The normalized spacial score (nSPS) is 20.3. The van der Waals surface area contributed by atoms with Gasteiger partial charge in [-0.25, -0.2) is 0 Å². The molecule has 0 amide bonds. The molecule has 3 aromatic carbocycles. The van der Waals surface area contributed by atoms with Crippen LogP contribution in [0.2, 0.25) is 0 Å². The van der Waals surface area contributed by atoms with Crippen LogP contribution in [0.5, 0.6) is 5.75 Å². The molecule has 1 N–H and O–H groups in total. The van der Waals surface area contributed by atoms with E-state index in [1.807, 2.05) is 36.4 Å². The third kappa shape index (κ3) is 1.61. The van der Waals surface area contributed by atoms with E-state index < -0.39 is 11.6 Å². The number of fused-ring (bicyclic) bond motifs is 3. The molecule has 0 aliphatic carbocycles. The van der Waals surface area contributed by atoms with Gasteiger partial charge < -0.3 is 9.84 Å². The molecular weight excluding hydrogens is 264 g/mol. The fourth-order valence-corrected chi connectivity index (χ4v) is 2.80. The molecule has 0 saturated carbocycles. The molecule has 0 bridgehead atoms. The fourth-order valence-electron chi connectivity index (χ4n) is 2.80. The molecule has 4 rings (SSSR count). The maximum Gasteiger partial charge on any atom is 0.300 e. The van der Waals surface area contributed by atoms with Crippen molar-refractivity contribution in [2.45, 2.75) is 5.79 Å². The minimum atomic E-state index is -1.94. The number of ether oxygens (including phenoxy) is 1. The zero-order chi connectivity index (χ0) is 14.4. The number of hydrogen-bond donors (Lipinski definition) is 1. The first-order valence-corrected chi connectivity index (χ1v) is 6.73. The van der Waals surface area contributed by atoms with Crippen molar-refractivity contribution < 1.29 is 14.6 Å². The van der Waals surface area contributed by atoms with Crippen molar-refractivity contribution >= 4 is 16.6 Å². The minimum Gasteiger partial charge on any atom is -0.450 e. The second-order valence-electron chi connectivity index (χ2n) is 5.10. The lowest BCUT2D eigenvalue weighted by Gasteiger charge is -2.20. The third-order valence-corrected chi connectivity index (χ3v) is 3.85. The minimum absolute atomic E-state index is 0.416. The van der Waals surface area contributed by atoms with E-state index >= 15 is 0 Å². The van der Waals surface area contributed by atoms with Crippen molar-refractivity contribution in [1.29, 1.82) is 0 Å². The second kappa shape index (κ2) is 4.17. The first kappa shape index (κ1) is 12.1. The van der Waals surface area contributed by atoms with Crippen molar-refractivity contribution in [2.24, 2.45) is 0 Å². The molecule has 0 saturated heterocycles. The number of aliphatic hydroxyl groups is 1. The largest absolute Gasteiger partial charge is 0.450 e. The average Bonchev–Trinajstić information content (AvgIpc) is 2.81. The van der Waals surface area contributed by atoms with Gasteiger partial charge in [-0.2, -0.15) is 0 Å². The Kier molecular flexibility index (Phi) is 2.41. The van der Waals surface area contributed by atoms with Crippen LogP contribution >= 0.6 is 0 Å². The summed E-state index contributed by atoms with van der Waals surface area (Å²) in [6.07, 6.45) is 0. The first-order valence-electron chi connectivity index (χ1n) is 6.73. The summed E-state index contributed by atoms with van der Waals surface area (Å²) in [7, 11) is 0. The highest BCUT2D eigenvalue weighted by Crippen LogP contribution is 2.42. The van der Waals surface area contributed by atoms with Gasteiger partial charge in [0, 0.05) is 5.56 Å². The second-order valence-corrected chi connectivity index (χ2v) is 5.10. The lowest BCUT2D eigenvalue weighted by atomic mass is 9.95. The molecule has 1 aliphatic rings. The molecule has 0 spiro atoms. The van der Waals surface area contributed by atoms with Crippen LogP contribution in [0.15, 0.2) is 66.7 Å². The Labute approximate surface area is 121 Å². The predicted molar refractivity (Wildman–Crippen MR) is 79.2 cm³/mol. The molecule has 1 unspecified atom stereocenters. The highest BCUT2D eigenvalue weighted by molar-refractivity contribution is 6.15. The van der Waals surface area contributed by atoms with Crippen LogP contribution in [0, 0.1) is 0 Å². The zero-order valence-corrected chi connectivity index (χ0v) is 11.1. The number of carbonyl (C=O) groups excluding carboxylic acids is 1. The van der Waals surface area contributed by atoms with Gasteiger partial charge in [0.05, 0.1) is 5.56 Å². The van der Waals surface area contributed by atoms with E-state index in [0.29, 0.717) is 16.9 Å². The van der Waals surface area contributed by atoms with Crippen molar-refractivity contribution in [3.8, 4) is 5.75 Å². The molecule has 1 heterocycles. The standard InChI is InChI=1S/C18H12O3/c19-17-16-14-9-5-4-6-12(14)10-11-15(16)21-18(17,20)13-7-2-1-3-8-13/h1-11,20H. The molecule has 3 heteroatoms. The SMILES string of the molecule is O=C1c2c(ccc3ccccc23)OC1(O)c1ccccc1. The summed E-state index contributed by atoms with van der Waals surface area (Å²) in [6.45, 7) is 0. The van der Waals surface area contributed by atoms with Crippen molar-refractivity contribution in [1.82, 2.24) is 0 Å². The van der Waals surface area contributed by atoms with Gasteiger partial charge in [-0.1, -0.05) is 60.7 Å². The van der Waals surface area contributed by atoms with E-state index in [1.165, 1.54) is 0 Å². The first-order chi connectivity index (χ1) is 10.2. The summed E-state index contributed by atoms with van der Waals surface area (Å²) < 4.78 is 5.61. The molecule has 1 aliphatic heterocycles. The van der Waals surface area contributed by atoms with Gasteiger partial charge in [-0.15, -0.1) is 0 Å². The van der Waals surface area contributed by atoms with Gasteiger partial charge in [-0.3, -0.25) is 4.79 Å². The number of carbonyl (C=O) groups is 1. The van der Waals surface area contributed by atoms with Crippen LogP contribution in [-0.2, 0) is 5.79 Å². The highest BCUT2D eigenvalue weighted by atomic mass is 16.6. The molecule has 0 aromatic heterocycles. The summed E-state index contributed by atoms with van der Waals surface area (Å²) in [5.74, 6) is -1.93. The van der Waals surface area contributed by atoms with Gasteiger partial charge in [0.25, 0.3) is 5.79 Å². The molecule has 3 aromatic rings. The predicted octanol–water partition coefficient (Wildman–Crippen LogP) is 3.26. The van der Waals surface area contributed by atoms with Gasteiger partial charge in [0.1, 0.15) is 5.75 Å². The summed E-state index contributed by atoms with van der Waals surface area (Å²) >= 11 is 0. The van der Waals surface area contributed by atoms with Crippen LogP contribution < -0.4 is 4.74 Å². The van der Waals surface area contributed by atoms with Crippen molar-refractivity contribution in [2.75, 3.05) is 0 Å². The highest BCUT2D eigenvalue weighted by Gasteiger charge is 2.48. The molecule has 0 radical (unpaired) electrons. The molecular formula is C18H12O3. The van der Waals surface area contributed by atoms with Gasteiger partial charge in [0.15, 0.2) is 0 Å². The van der Waals surface area contributed by atoms with Crippen LogP contribution in [0.1, 0.15) is 15.9 Å². The number of Topliss-reactive ketones (excluding diaryl/α,β-unsaturated/α-hetero) is 1. The van der Waals surface area contributed by atoms with Crippen LogP contribution in [0.3, 0.4) is 0 Å². The van der Waals surface area contributed by atoms with E-state index in [9.17, 15) is 9.90 Å². The Hall–Kier alpha value is -2.65. The topological polar surface area (TPSA) is 46.5 Å². The van der Waals surface area contributed by atoms with E-state index in [0.717, 1.165) is 10.8 Å². The monoisotopic (exact) mass is 276 g/mol. The quantitative estimate of drug-likeness (QED) is 0.742. The molecule has 21 heavy (non-hydrogen) atoms. The van der Waals surface area contributed by atoms with E-state index in [4.69, 9.17) is 4.74 Å². The Balaban J connectivity index is 1.95. The number of ketones is 1. The summed E-state index contributed by atoms with van der Waals surface area (Å²) in [5.41, 5.74) is 0.884. The van der Waals surface area contributed by atoms with Crippen LogP contribution in [0.4, 0.5) is 0 Å². The van der Waals surface area contributed by atoms with Gasteiger partial charge in [-0.05, 0) is 16.8 Å². The lowest BCUT2D eigenvalue weighted by molar-refractivity contribution is -0.0959. The van der Waals surface area contributed by atoms with Crippen molar-refractivity contribution in [3.63, 3.8) is 0 Å². The molecule has 3 nitrogen and oxygen atoms in total. The Morgan fingerprint density at radius 2 is 1.57 bits per heavy atom. The maximum absolute atomic E-state index is 12.8. The van der Waals surface area contributed by atoms with Crippen LogP contribution in [0.25, 0.3) is 10.8 Å². The summed E-state index contributed by atoms with van der Waals surface area (Å²) in [6, 6.07) is 19.9. The van der Waals surface area contributed by atoms with Crippen molar-refractivity contribution in [3.05, 3.63) is 77.9 Å². The van der Waals surface area contributed by atoms with E-state index in [2.05, 4.69) is 0 Å². The van der Waals surface area contributed by atoms with Crippen LogP contribution in [-0.4, -0.2) is 10.9 Å². The average molecular weight is 276 g/mol. The van der Waals surface area contributed by atoms with E-state index in [1.54, 1.807) is 30.3 Å². The molecule has 0 fully saturated rings. The lowest BCUT2D eigenvalue weighted by Crippen LogP contribution is -2.36. The Morgan fingerprint density at radius 3 is 2.38 bits per heavy atom. The number of rotatable bonds is 1. The number of hydrogen-bond acceptors (Lipinski definition) is 3. The smallest absolute Gasteiger partial charge is 0.300 e. The maximum atomic E-state index is 12.8. The van der Waals surface area contributed by atoms with E-state index in [-0.39, 0.29) is 0 Å². The summed E-state index contributed by atoms with van der Waals surface area (Å²) in [4.78, 5) is 12.8. The fraction of sp³-hybridized carbons (Fsp3) is 0.0556. The Morgan fingerprint density at radius 1 is 0.857 bits per heavy atom. The molecule has 1 atom stereocenters. The number of benzene rings is 3. The molecule has 102 valence electrons. The summed E-state index contributed by atoms with van der Waals surface area (Å²) in [5, 5.41) is 12.5. The Bertz CT molecular complexity index is 855. The third-order valence-electron chi connectivity index (χ3n) is 3.85.